The Morgan fingerprint density at radius 3 is 2.37 bits per heavy atom. The number of nitrogen functional groups attached to an aromatic ring is 2. The maximum atomic E-state index is 13.3. The second kappa shape index (κ2) is 9.54. The van der Waals surface area contributed by atoms with Gasteiger partial charge in [0.1, 0.15) is 18.2 Å². The first-order chi connectivity index (χ1) is 16.7. The third-order valence-electron chi connectivity index (χ3n) is 5.97. The Bertz CT molecular complexity index is 1410. The van der Waals surface area contributed by atoms with Crippen LogP contribution >= 0.6 is 0 Å². The zero-order valence-corrected chi connectivity index (χ0v) is 20.2. The Hall–Kier alpha value is -4.26. The number of halogens is 1. The number of ether oxygens (including phenoxy) is 2. The fourth-order valence-corrected chi connectivity index (χ4v) is 4.24. The molecule has 0 saturated carbocycles. The summed E-state index contributed by atoms with van der Waals surface area (Å²) in [6.07, 6.45) is 0. The Kier molecular flexibility index (Phi) is 6.51. The quantitative estimate of drug-likeness (QED) is 0.275. The molecule has 0 saturated heterocycles. The summed E-state index contributed by atoms with van der Waals surface area (Å²) in [7, 11) is 1.32. The van der Waals surface area contributed by atoms with Crippen molar-refractivity contribution in [1.29, 1.82) is 0 Å². The van der Waals surface area contributed by atoms with Crippen LogP contribution in [0.4, 0.5) is 15.8 Å². The van der Waals surface area contributed by atoms with Gasteiger partial charge in [-0.05, 0) is 74.4 Å². The van der Waals surface area contributed by atoms with Gasteiger partial charge in [-0.1, -0.05) is 23.8 Å². The van der Waals surface area contributed by atoms with Gasteiger partial charge in [0.15, 0.2) is 0 Å². The predicted octanol–water partition coefficient (Wildman–Crippen LogP) is 5.74. The van der Waals surface area contributed by atoms with E-state index in [1.165, 1.54) is 19.2 Å². The summed E-state index contributed by atoms with van der Waals surface area (Å²) in [6, 6.07) is 17.7. The van der Waals surface area contributed by atoms with Crippen LogP contribution in [0, 0.1) is 26.6 Å². The number of carbonyl (C=O) groups is 1. The summed E-state index contributed by atoms with van der Waals surface area (Å²) in [4.78, 5) is 12.5. The summed E-state index contributed by atoms with van der Waals surface area (Å²) in [5.41, 5.74) is 19.5. The first-order valence-corrected chi connectivity index (χ1v) is 11.1. The summed E-state index contributed by atoms with van der Waals surface area (Å²) >= 11 is 0. The van der Waals surface area contributed by atoms with Gasteiger partial charge < -0.3 is 25.5 Å². The largest absolute Gasteiger partial charge is 0.488 e. The van der Waals surface area contributed by atoms with E-state index in [4.69, 9.17) is 20.9 Å². The molecular weight excluding hydrogens is 445 g/mol. The number of anilines is 2. The lowest BCUT2D eigenvalue weighted by molar-refractivity contribution is 0.0601. The van der Waals surface area contributed by atoms with Gasteiger partial charge >= 0.3 is 5.97 Å². The average molecular weight is 474 g/mol. The SMILES string of the molecule is COC(=O)c1c(C)cc(N)c(-n2c(C)ccc2-c2cc(C)ccc2OCc2ccc(F)cc2)c1N. The molecule has 3 aromatic carbocycles. The number of nitrogens with two attached hydrogens (primary N) is 2. The summed E-state index contributed by atoms with van der Waals surface area (Å²) < 4.78 is 26.3. The number of hydrogen-bond donors (Lipinski definition) is 2. The van der Waals surface area contributed by atoms with Crippen molar-refractivity contribution in [3.63, 3.8) is 0 Å². The number of hydrogen-bond acceptors (Lipinski definition) is 5. The van der Waals surface area contributed by atoms with Crippen LogP contribution in [-0.4, -0.2) is 17.6 Å². The molecule has 35 heavy (non-hydrogen) atoms. The fourth-order valence-electron chi connectivity index (χ4n) is 4.24. The van der Waals surface area contributed by atoms with Crippen LogP contribution in [-0.2, 0) is 11.3 Å². The third kappa shape index (κ3) is 4.57. The minimum atomic E-state index is -0.522. The highest BCUT2D eigenvalue weighted by molar-refractivity contribution is 6.01. The molecule has 6 nitrogen and oxygen atoms in total. The number of rotatable bonds is 6. The molecule has 4 aromatic rings. The van der Waals surface area contributed by atoms with Crippen molar-refractivity contribution in [2.45, 2.75) is 27.4 Å². The normalized spacial score (nSPS) is 10.9. The molecule has 0 radical (unpaired) electrons. The Balaban J connectivity index is 1.85. The number of methoxy groups -OCH3 is 1. The van der Waals surface area contributed by atoms with Gasteiger partial charge in [-0.2, -0.15) is 0 Å². The molecule has 0 aliphatic rings. The monoisotopic (exact) mass is 473 g/mol. The molecule has 180 valence electrons. The summed E-state index contributed by atoms with van der Waals surface area (Å²) in [5.74, 6) is -0.166. The molecule has 0 bridgehead atoms. The highest BCUT2D eigenvalue weighted by Crippen LogP contribution is 2.39. The van der Waals surface area contributed by atoms with Gasteiger partial charge in [-0.15, -0.1) is 0 Å². The molecule has 0 fully saturated rings. The van der Waals surface area contributed by atoms with Crippen LogP contribution in [0.15, 0.2) is 60.7 Å². The molecule has 0 atom stereocenters. The van der Waals surface area contributed by atoms with Crippen LogP contribution in [0.25, 0.3) is 16.9 Å². The van der Waals surface area contributed by atoms with Crippen molar-refractivity contribution in [3.05, 3.63) is 94.4 Å². The van der Waals surface area contributed by atoms with Crippen LogP contribution < -0.4 is 16.2 Å². The van der Waals surface area contributed by atoms with E-state index in [0.29, 0.717) is 22.7 Å². The average Bonchev–Trinajstić information content (AvgIpc) is 3.19. The molecule has 7 heteroatoms. The Morgan fingerprint density at radius 1 is 0.971 bits per heavy atom. The van der Waals surface area contributed by atoms with E-state index in [9.17, 15) is 9.18 Å². The second-order valence-electron chi connectivity index (χ2n) is 8.52. The molecule has 1 heterocycles. The van der Waals surface area contributed by atoms with Gasteiger partial charge in [0.25, 0.3) is 0 Å². The molecule has 0 amide bonds. The molecular formula is C28H28FN3O3. The van der Waals surface area contributed by atoms with E-state index in [2.05, 4.69) is 0 Å². The number of nitrogens with zero attached hydrogens (tertiary/aromatic N) is 1. The van der Waals surface area contributed by atoms with Gasteiger partial charge in [0.05, 0.1) is 35.4 Å². The lowest BCUT2D eigenvalue weighted by atomic mass is 10.0. The van der Waals surface area contributed by atoms with Crippen molar-refractivity contribution in [3.8, 4) is 22.7 Å². The maximum Gasteiger partial charge on any atom is 0.340 e. The van der Waals surface area contributed by atoms with Crippen molar-refractivity contribution < 1.29 is 18.7 Å². The van der Waals surface area contributed by atoms with Crippen molar-refractivity contribution >= 4 is 17.3 Å². The number of aromatic nitrogens is 1. The second-order valence-corrected chi connectivity index (χ2v) is 8.52. The lowest BCUT2D eigenvalue weighted by Crippen LogP contribution is -2.14. The Morgan fingerprint density at radius 2 is 1.69 bits per heavy atom. The number of benzene rings is 3. The topological polar surface area (TPSA) is 92.5 Å². The van der Waals surface area contributed by atoms with Gasteiger partial charge in [-0.25, -0.2) is 9.18 Å². The van der Waals surface area contributed by atoms with Gasteiger partial charge in [0, 0.05) is 11.3 Å². The van der Waals surface area contributed by atoms with Crippen LogP contribution in [0.1, 0.15) is 32.7 Å². The molecule has 4 rings (SSSR count). The van der Waals surface area contributed by atoms with Crippen LogP contribution in [0.2, 0.25) is 0 Å². The molecule has 0 spiro atoms. The van der Waals surface area contributed by atoms with Crippen molar-refractivity contribution in [2.75, 3.05) is 18.6 Å². The molecule has 0 aliphatic carbocycles. The predicted molar refractivity (Wildman–Crippen MR) is 136 cm³/mol. The molecule has 0 unspecified atom stereocenters. The molecule has 0 aliphatic heterocycles. The number of aryl methyl sites for hydroxylation is 3. The van der Waals surface area contributed by atoms with Crippen molar-refractivity contribution in [2.24, 2.45) is 0 Å². The molecule has 4 N–H and O–H groups in total. The minimum Gasteiger partial charge on any atom is -0.488 e. The zero-order chi connectivity index (χ0) is 25.3. The lowest BCUT2D eigenvalue weighted by Gasteiger charge is -2.21. The third-order valence-corrected chi connectivity index (χ3v) is 5.97. The van der Waals surface area contributed by atoms with Crippen molar-refractivity contribution in [1.82, 2.24) is 4.57 Å². The first kappa shape index (κ1) is 23.9. The summed E-state index contributed by atoms with van der Waals surface area (Å²) in [5, 5.41) is 0. The zero-order valence-electron chi connectivity index (χ0n) is 20.2. The minimum absolute atomic E-state index is 0.247. The van der Waals surface area contributed by atoms with Crippen LogP contribution in [0.3, 0.4) is 0 Å². The maximum absolute atomic E-state index is 13.3. The van der Waals surface area contributed by atoms with E-state index >= 15 is 0 Å². The molecule has 1 aromatic heterocycles. The van der Waals surface area contributed by atoms with E-state index in [1.807, 2.05) is 48.7 Å². The smallest absolute Gasteiger partial charge is 0.340 e. The Labute approximate surface area is 203 Å². The number of carbonyl (C=O) groups excluding carboxylic acids is 1. The summed E-state index contributed by atoms with van der Waals surface area (Å²) in [6.45, 7) is 5.98. The highest BCUT2D eigenvalue weighted by Gasteiger charge is 2.23. The van der Waals surface area contributed by atoms with E-state index in [0.717, 1.165) is 28.1 Å². The van der Waals surface area contributed by atoms with E-state index in [-0.39, 0.29) is 23.7 Å². The van der Waals surface area contributed by atoms with Crippen LogP contribution in [0.5, 0.6) is 5.75 Å². The first-order valence-electron chi connectivity index (χ1n) is 11.1. The highest BCUT2D eigenvalue weighted by atomic mass is 19.1. The van der Waals surface area contributed by atoms with E-state index < -0.39 is 5.97 Å². The fraction of sp³-hybridized carbons (Fsp3) is 0.179. The van der Waals surface area contributed by atoms with Gasteiger partial charge in [0.2, 0.25) is 0 Å². The van der Waals surface area contributed by atoms with E-state index in [1.54, 1.807) is 25.1 Å². The van der Waals surface area contributed by atoms with Gasteiger partial charge in [-0.3, -0.25) is 0 Å². The number of esters is 1. The standard InChI is InChI=1S/C28H28FN3O3/c1-16-5-12-24(35-15-19-7-9-20(29)10-8-19)21(13-16)23-11-6-18(3)32(23)27-22(30)14-17(2)25(26(27)31)28(33)34-4/h5-14H,15,30-31H2,1-4H3.